The van der Waals surface area contributed by atoms with Crippen LogP contribution in [0.1, 0.15) is 87.0 Å². The lowest BCUT2D eigenvalue weighted by Gasteiger charge is -2.41. The molecule has 0 nitrogen and oxygen atoms in total. The van der Waals surface area contributed by atoms with E-state index in [4.69, 9.17) is 0 Å². The highest BCUT2D eigenvalue weighted by Crippen LogP contribution is 2.48. The third-order valence-electron chi connectivity index (χ3n) is 7.77. The van der Waals surface area contributed by atoms with Crippen LogP contribution in [0.25, 0.3) is 0 Å². The second-order valence-corrected chi connectivity index (χ2v) is 10.0. The highest BCUT2D eigenvalue weighted by molar-refractivity contribution is 5.45. The predicted molar refractivity (Wildman–Crippen MR) is 138 cm³/mol. The molecule has 178 valence electrons. The van der Waals surface area contributed by atoms with Crippen molar-refractivity contribution >= 4 is 0 Å². The summed E-state index contributed by atoms with van der Waals surface area (Å²) in [6.45, 7) is 4.09. The van der Waals surface area contributed by atoms with E-state index in [1.54, 1.807) is 12.1 Å². The zero-order valence-electron chi connectivity index (χ0n) is 20.5. The molecule has 0 heterocycles. The van der Waals surface area contributed by atoms with Crippen LogP contribution in [-0.2, 0) is 6.42 Å². The van der Waals surface area contributed by atoms with Gasteiger partial charge < -0.3 is 0 Å². The van der Waals surface area contributed by atoms with Crippen molar-refractivity contribution in [2.75, 3.05) is 0 Å². The maximum absolute atomic E-state index is 15.1. The first-order valence-electron chi connectivity index (χ1n) is 12.9. The fourth-order valence-electron chi connectivity index (χ4n) is 5.96. The molecule has 0 aromatic heterocycles. The van der Waals surface area contributed by atoms with E-state index in [9.17, 15) is 4.39 Å². The molecule has 2 fully saturated rings. The molecule has 34 heavy (non-hydrogen) atoms. The number of halogens is 2. The van der Waals surface area contributed by atoms with Crippen LogP contribution in [0.3, 0.4) is 0 Å². The molecule has 0 bridgehead atoms. The quantitative estimate of drug-likeness (QED) is 0.310. The summed E-state index contributed by atoms with van der Waals surface area (Å²) < 4.78 is 29.5. The summed E-state index contributed by atoms with van der Waals surface area (Å²) in [6.07, 6.45) is 17.5. The Morgan fingerprint density at radius 2 is 1.68 bits per heavy atom. The van der Waals surface area contributed by atoms with Gasteiger partial charge in [-0.3, -0.25) is 0 Å². The van der Waals surface area contributed by atoms with Crippen molar-refractivity contribution in [2.24, 2.45) is 17.8 Å². The third kappa shape index (κ3) is 6.06. The van der Waals surface area contributed by atoms with Crippen molar-refractivity contribution in [1.29, 1.82) is 0 Å². The highest BCUT2D eigenvalue weighted by atomic mass is 19.1. The second kappa shape index (κ2) is 11.7. The molecule has 2 heteroatoms. The zero-order valence-corrected chi connectivity index (χ0v) is 20.5. The Kier molecular flexibility index (Phi) is 8.39. The van der Waals surface area contributed by atoms with Gasteiger partial charge in [0.1, 0.15) is 11.6 Å². The van der Waals surface area contributed by atoms with Gasteiger partial charge in [0.15, 0.2) is 0 Å². The summed E-state index contributed by atoms with van der Waals surface area (Å²) in [6, 6.07) is 10.5. The largest absolute Gasteiger partial charge is 0.207 e. The molecule has 0 saturated heterocycles. The maximum Gasteiger partial charge on any atom is 0.139 e. The Labute approximate surface area is 204 Å². The molecule has 2 aromatic carbocycles. The summed E-state index contributed by atoms with van der Waals surface area (Å²) in [5, 5.41) is 0. The molecule has 0 spiro atoms. The van der Waals surface area contributed by atoms with E-state index in [0.29, 0.717) is 17.0 Å². The summed E-state index contributed by atoms with van der Waals surface area (Å²) in [5.41, 5.74) is 2.74. The first-order chi connectivity index (χ1) is 16.6. The van der Waals surface area contributed by atoms with Gasteiger partial charge in [0, 0.05) is 5.56 Å². The molecule has 4 atom stereocenters. The van der Waals surface area contributed by atoms with Gasteiger partial charge in [0.25, 0.3) is 0 Å². The number of hydrogen-bond donors (Lipinski definition) is 0. The van der Waals surface area contributed by atoms with Gasteiger partial charge >= 0.3 is 0 Å². The van der Waals surface area contributed by atoms with E-state index >= 15 is 4.39 Å². The van der Waals surface area contributed by atoms with E-state index in [0.717, 1.165) is 54.6 Å². The molecular formula is C32H36F2. The molecule has 2 aliphatic carbocycles. The summed E-state index contributed by atoms with van der Waals surface area (Å²) in [7, 11) is 0. The van der Waals surface area contributed by atoms with Crippen LogP contribution in [0.5, 0.6) is 0 Å². The number of benzene rings is 2. The van der Waals surface area contributed by atoms with Crippen LogP contribution in [0.2, 0.25) is 0 Å². The SMILES string of the molecule is C/C=C/CCc1ccc(C#Cc2ccc(C3CCC4CC(/C=C/C)CCC4C3)c(F)c2)c(F)c1. The molecule has 2 aliphatic rings. The van der Waals surface area contributed by atoms with Gasteiger partial charge in [0.2, 0.25) is 0 Å². The molecule has 2 aromatic rings. The highest BCUT2D eigenvalue weighted by Gasteiger charge is 2.35. The van der Waals surface area contributed by atoms with E-state index in [2.05, 4.69) is 37.0 Å². The van der Waals surface area contributed by atoms with Gasteiger partial charge in [-0.1, -0.05) is 48.3 Å². The van der Waals surface area contributed by atoms with Crippen LogP contribution >= 0.6 is 0 Å². The Hall–Kier alpha value is -2.66. The molecular weight excluding hydrogens is 422 g/mol. The van der Waals surface area contributed by atoms with Crippen LogP contribution in [0.4, 0.5) is 8.78 Å². The second-order valence-electron chi connectivity index (χ2n) is 10.0. The van der Waals surface area contributed by atoms with Crippen molar-refractivity contribution in [2.45, 2.75) is 71.1 Å². The number of allylic oxidation sites excluding steroid dienone is 4. The smallest absolute Gasteiger partial charge is 0.139 e. The number of aryl methyl sites for hydroxylation is 1. The van der Waals surface area contributed by atoms with Crippen LogP contribution in [0.15, 0.2) is 60.7 Å². The van der Waals surface area contributed by atoms with Crippen molar-refractivity contribution in [3.05, 3.63) is 94.6 Å². The summed E-state index contributed by atoms with van der Waals surface area (Å²) in [5.74, 6) is 7.92. The molecule has 2 saturated carbocycles. The Balaban J connectivity index is 1.40. The minimum Gasteiger partial charge on any atom is -0.207 e. The van der Waals surface area contributed by atoms with E-state index in [1.807, 2.05) is 31.2 Å². The average molecular weight is 459 g/mol. The van der Waals surface area contributed by atoms with E-state index in [-0.39, 0.29) is 11.6 Å². The molecule has 4 rings (SSSR count). The molecule has 0 amide bonds. The van der Waals surface area contributed by atoms with Crippen LogP contribution in [0, 0.1) is 41.2 Å². The maximum atomic E-state index is 15.1. The summed E-state index contributed by atoms with van der Waals surface area (Å²) in [4.78, 5) is 0. The Morgan fingerprint density at radius 3 is 2.44 bits per heavy atom. The van der Waals surface area contributed by atoms with Crippen molar-refractivity contribution < 1.29 is 8.78 Å². The lowest BCUT2D eigenvalue weighted by molar-refractivity contribution is 0.132. The fourth-order valence-corrected chi connectivity index (χ4v) is 5.96. The number of fused-ring (bicyclic) bond motifs is 1. The average Bonchev–Trinajstić information content (AvgIpc) is 2.84. The van der Waals surface area contributed by atoms with Crippen molar-refractivity contribution in [3.63, 3.8) is 0 Å². The first kappa shape index (κ1) is 24.5. The molecule has 0 N–H and O–H groups in total. The first-order valence-corrected chi connectivity index (χ1v) is 12.9. The number of hydrogen-bond acceptors (Lipinski definition) is 0. The van der Waals surface area contributed by atoms with Crippen LogP contribution in [-0.4, -0.2) is 0 Å². The fraction of sp³-hybridized carbons (Fsp3) is 0.438. The van der Waals surface area contributed by atoms with Crippen LogP contribution < -0.4 is 0 Å². The predicted octanol–water partition coefficient (Wildman–Crippen LogP) is 8.75. The van der Waals surface area contributed by atoms with Gasteiger partial charge in [-0.05, 0) is 124 Å². The zero-order chi connectivity index (χ0) is 23.9. The van der Waals surface area contributed by atoms with E-state index < -0.39 is 0 Å². The van der Waals surface area contributed by atoms with Gasteiger partial charge in [-0.25, -0.2) is 8.78 Å². The van der Waals surface area contributed by atoms with Gasteiger partial charge in [-0.2, -0.15) is 0 Å². The van der Waals surface area contributed by atoms with E-state index in [1.165, 1.54) is 31.7 Å². The molecule has 0 aliphatic heterocycles. The minimum atomic E-state index is -0.316. The normalized spacial score (nSPS) is 24.7. The molecule has 0 radical (unpaired) electrons. The third-order valence-corrected chi connectivity index (χ3v) is 7.77. The molecule has 4 unspecified atom stereocenters. The Morgan fingerprint density at radius 1 is 0.853 bits per heavy atom. The lowest BCUT2D eigenvalue weighted by Crippen LogP contribution is -2.30. The van der Waals surface area contributed by atoms with Gasteiger partial charge in [0.05, 0.1) is 5.56 Å². The van der Waals surface area contributed by atoms with Crippen molar-refractivity contribution in [3.8, 4) is 11.8 Å². The van der Waals surface area contributed by atoms with Gasteiger partial charge in [-0.15, -0.1) is 0 Å². The number of rotatable bonds is 5. The monoisotopic (exact) mass is 458 g/mol. The van der Waals surface area contributed by atoms with Crippen molar-refractivity contribution in [1.82, 2.24) is 0 Å². The lowest BCUT2D eigenvalue weighted by atomic mass is 9.64. The summed E-state index contributed by atoms with van der Waals surface area (Å²) >= 11 is 0. The topological polar surface area (TPSA) is 0 Å². The standard InChI is InChI=1S/C32H36F2/c1-3-5-6-8-24-9-13-26(31(33)20-24)14-10-25-12-18-30(32(34)21-25)29-17-16-27-19-23(7-4-2)11-15-28(27)22-29/h3-5,7,9,12-13,18,20-21,23,27-29H,6,8,11,15-17,19,22H2,1-2H3/b5-3+,7-4+. The Bertz CT molecular complexity index is 1100. The minimum absolute atomic E-state index is 0.169.